The summed E-state index contributed by atoms with van der Waals surface area (Å²) in [6.45, 7) is 28.7. The molecule has 1 saturated heterocycles. The second kappa shape index (κ2) is 33.2. The molecule has 0 spiro atoms. The lowest BCUT2D eigenvalue weighted by Crippen LogP contribution is -2.66. The number of carbonyl (C=O) groups is 11. The predicted octanol–water partition coefficient (Wildman–Crippen LogP) is 2.09. The first-order valence-corrected chi connectivity index (χ1v) is 28.9. The van der Waals surface area contributed by atoms with Crippen LogP contribution in [-0.2, 0) is 52.7 Å². The molecule has 1 rings (SSSR count). The van der Waals surface area contributed by atoms with E-state index in [1.807, 2.05) is 48.5 Å². The van der Waals surface area contributed by atoms with E-state index in [4.69, 9.17) is 5.73 Å². The Morgan fingerprint density at radius 2 is 1.16 bits per heavy atom. The second-order valence-electron chi connectivity index (χ2n) is 25.2. The van der Waals surface area contributed by atoms with Gasteiger partial charge in [-0.15, -0.1) is 0 Å². The van der Waals surface area contributed by atoms with E-state index in [2.05, 4.69) is 42.5 Å². The average Bonchev–Trinajstić information content (AvgIpc) is 3.75. The first-order valence-electron chi connectivity index (χ1n) is 28.9. The smallest absolute Gasteiger partial charge is 0.246 e. The van der Waals surface area contributed by atoms with Gasteiger partial charge in [0.05, 0.1) is 12.2 Å². The van der Waals surface area contributed by atoms with Crippen molar-refractivity contribution in [3.05, 3.63) is 12.2 Å². The number of primary amides is 1. The third kappa shape index (κ3) is 25.4. The summed E-state index contributed by atoms with van der Waals surface area (Å²) >= 11 is 0. The van der Waals surface area contributed by atoms with E-state index >= 15 is 0 Å². The van der Waals surface area contributed by atoms with Crippen molar-refractivity contribution in [1.82, 2.24) is 47.4 Å². The number of hydrogen-bond donors (Lipinski definition) is 11. The molecular formula is C58H102N10O13. The summed E-state index contributed by atoms with van der Waals surface area (Å²) in [4.78, 5) is 150. The van der Waals surface area contributed by atoms with Crippen molar-refractivity contribution < 1.29 is 63.0 Å². The van der Waals surface area contributed by atoms with E-state index < -0.39 is 124 Å². The highest BCUT2D eigenvalue weighted by Crippen LogP contribution is 2.25. The van der Waals surface area contributed by atoms with Gasteiger partial charge in [0.25, 0.3) is 0 Å². The maximum Gasteiger partial charge on any atom is 0.246 e. The van der Waals surface area contributed by atoms with Gasteiger partial charge in [-0.3, -0.25) is 52.7 Å². The standard InChI is InChI=1S/C58H102N10O13/c1-18-35(9)22-23-45(72)68-31-37(11)29-43(68)51(77)62-42(28-36(10)27-39(70)30-38(69)19-2)49(75)64-46(47(73)34(7)8)52(78)66-57(14,15)54(80)63-40(25-32(3)4)48(74)61-41(26-33(5)6)50(76)65-58(16,17)55(81)67-56(12,13)53(79)60-24-20-21-44(59)71/h22-23,32-37,39-43,46-47,70,73H,18-21,24-31H2,1-17H3,(H2,59,71)(H,60,79)(H,61,74)(H,62,77)(H,63,80)(H,64,75)(H,65,76)(H,66,78)(H,67,81)/b23-22+/t35-,36?,37?,39?,40-,41-,42-,43-,46-,47?/m0/s1. The minimum absolute atomic E-state index is 0.0478. The van der Waals surface area contributed by atoms with Gasteiger partial charge in [0.2, 0.25) is 59.1 Å². The fraction of sp³-hybridized carbons (Fsp3) is 0.776. The number of likely N-dealkylation sites (tertiary alicyclic amines) is 1. The van der Waals surface area contributed by atoms with Gasteiger partial charge in [0, 0.05) is 32.4 Å². The molecule has 12 N–H and O–H groups in total. The Balaban J connectivity index is 3.49. The molecule has 0 aliphatic carbocycles. The van der Waals surface area contributed by atoms with Gasteiger partial charge in [0.1, 0.15) is 52.6 Å². The van der Waals surface area contributed by atoms with Gasteiger partial charge in [-0.05, 0) is 122 Å². The third-order valence-corrected chi connectivity index (χ3v) is 14.3. The minimum atomic E-state index is -1.82. The van der Waals surface area contributed by atoms with Crippen LogP contribution in [0.2, 0.25) is 0 Å². The van der Waals surface area contributed by atoms with Gasteiger partial charge in [-0.1, -0.05) is 88.7 Å². The summed E-state index contributed by atoms with van der Waals surface area (Å²) < 4.78 is 0. The number of allylic oxidation sites excluding steroid dienone is 1. The number of aliphatic hydroxyl groups is 2. The zero-order valence-corrected chi connectivity index (χ0v) is 51.6. The van der Waals surface area contributed by atoms with Crippen LogP contribution < -0.4 is 48.3 Å². The largest absolute Gasteiger partial charge is 0.393 e. The van der Waals surface area contributed by atoms with Crippen molar-refractivity contribution in [3.63, 3.8) is 0 Å². The number of amides is 10. The van der Waals surface area contributed by atoms with E-state index in [0.29, 0.717) is 19.4 Å². The van der Waals surface area contributed by atoms with Gasteiger partial charge >= 0.3 is 0 Å². The number of nitrogens with zero attached hydrogens (tertiary/aromatic N) is 1. The Bertz CT molecular complexity index is 2210. The minimum Gasteiger partial charge on any atom is -0.393 e. The molecule has 10 atom stereocenters. The molecule has 462 valence electrons. The molecule has 4 unspecified atom stereocenters. The summed E-state index contributed by atoms with van der Waals surface area (Å²) in [5.74, 6) is -8.47. The third-order valence-electron chi connectivity index (χ3n) is 14.3. The summed E-state index contributed by atoms with van der Waals surface area (Å²) in [7, 11) is 0. The number of ketones is 1. The summed E-state index contributed by atoms with van der Waals surface area (Å²) in [6, 6.07) is -6.48. The Hall–Kier alpha value is -5.97. The molecule has 0 aromatic carbocycles. The van der Waals surface area contributed by atoms with Crippen LogP contribution in [0.5, 0.6) is 0 Å². The van der Waals surface area contributed by atoms with E-state index in [1.165, 1.54) is 52.5 Å². The maximum absolute atomic E-state index is 14.5. The van der Waals surface area contributed by atoms with E-state index in [9.17, 15) is 63.0 Å². The van der Waals surface area contributed by atoms with Gasteiger partial charge in [-0.2, -0.15) is 0 Å². The van der Waals surface area contributed by atoms with E-state index in [-0.39, 0.29) is 86.9 Å². The molecule has 0 bridgehead atoms. The Morgan fingerprint density at radius 1 is 0.642 bits per heavy atom. The van der Waals surface area contributed by atoms with Crippen molar-refractivity contribution in [2.45, 2.75) is 241 Å². The lowest BCUT2D eigenvalue weighted by Gasteiger charge is -2.34. The highest BCUT2D eigenvalue weighted by molar-refractivity contribution is 6.00. The molecule has 10 amide bonds. The van der Waals surface area contributed by atoms with Crippen LogP contribution in [-0.4, -0.2) is 152 Å². The Morgan fingerprint density at radius 3 is 1.69 bits per heavy atom. The van der Waals surface area contributed by atoms with Crippen LogP contribution in [0.1, 0.15) is 182 Å². The molecule has 1 aliphatic heterocycles. The molecule has 0 saturated carbocycles. The summed E-state index contributed by atoms with van der Waals surface area (Å²) in [6.07, 6.45) is 2.43. The molecule has 23 nitrogen and oxygen atoms in total. The molecule has 0 aromatic heterocycles. The van der Waals surface area contributed by atoms with Crippen LogP contribution in [0.25, 0.3) is 0 Å². The first kappa shape index (κ1) is 73.0. The molecule has 0 aromatic rings. The summed E-state index contributed by atoms with van der Waals surface area (Å²) in [5.41, 5.74) is 0.311. The molecular weight excluding hydrogens is 1040 g/mol. The van der Waals surface area contributed by atoms with Crippen molar-refractivity contribution >= 4 is 64.9 Å². The van der Waals surface area contributed by atoms with Crippen molar-refractivity contribution in [2.75, 3.05) is 13.1 Å². The van der Waals surface area contributed by atoms with Crippen LogP contribution in [0.3, 0.4) is 0 Å². The first-order chi connectivity index (χ1) is 37.3. The van der Waals surface area contributed by atoms with Crippen LogP contribution in [0.15, 0.2) is 12.2 Å². The molecule has 23 heteroatoms. The average molecular weight is 1150 g/mol. The zero-order chi connectivity index (χ0) is 62.5. The highest BCUT2D eigenvalue weighted by Gasteiger charge is 2.43. The number of nitrogens with two attached hydrogens (primary N) is 1. The Kier molecular flexibility index (Phi) is 30.0. The number of hydrogen-bond acceptors (Lipinski definition) is 13. The number of rotatable bonds is 35. The predicted molar refractivity (Wildman–Crippen MR) is 308 cm³/mol. The number of carbonyl (C=O) groups excluding carboxylic acids is 11. The number of aliphatic hydroxyl groups excluding tert-OH is 2. The molecule has 1 aliphatic rings. The Labute approximate surface area is 481 Å². The zero-order valence-electron chi connectivity index (χ0n) is 51.6. The van der Waals surface area contributed by atoms with Crippen LogP contribution in [0, 0.1) is 35.5 Å². The van der Waals surface area contributed by atoms with E-state index in [1.54, 1.807) is 33.8 Å². The van der Waals surface area contributed by atoms with Gasteiger partial charge in [-0.25, -0.2) is 0 Å². The molecule has 0 radical (unpaired) electrons. The lowest BCUT2D eigenvalue weighted by molar-refractivity contribution is -0.140. The second-order valence-corrected chi connectivity index (χ2v) is 25.2. The van der Waals surface area contributed by atoms with E-state index in [0.717, 1.165) is 6.42 Å². The van der Waals surface area contributed by atoms with Crippen LogP contribution >= 0.6 is 0 Å². The van der Waals surface area contributed by atoms with Gasteiger partial charge in [0.15, 0.2) is 0 Å². The number of nitrogens with one attached hydrogen (secondary N) is 8. The molecule has 1 fully saturated rings. The normalized spacial score (nSPS) is 17.9. The number of Topliss-reactive ketones (excluding diaryl/α,β-unsaturated/α-hetero) is 1. The highest BCUT2D eigenvalue weighted by atomic mass is 16.3. The van der Waals surface area contributed by atoms with Crippen molar-refractivity contribution in [1.29, 1.82) is 0 Å². The van der Waals surface area contributed by atoms with Crippen LogP contribution in [0.4, 0.5) is 0 Å². The van der Waals surface area contributed by atoms with Gasteiger partial charge < -0.3 is 63.4 Å². The van der Waals surface area contributed by atoms with Crippen molar-refractivity contribution in [3.8, 4) is 0 Å². The maximum atomic E-state index is 14.5. The lowest BCUT2D eigenvalue weighted by atomic mass is 9.92. The topological polar surface area (TPSA) is 354 Å². The molecule has 1 heterocycles. The molecule has 81 heavy (non-hydrogen) atoms. The fourth-order valence-corrected chi connectivity index (χ4v) is 9.01. The quantitative estimate of drug-likeness (QED) is 0.0320. The SMILES string of the molecule is CCC(=O)CC(O)CC(C)C[C@H](NC(=O)[C@@H]1CC(C)CN1C(=O)/C=C/[C@@H](C)CC)C(=O)N[C@H](C(=O)NC(C)(C)C(=O)N[C@@H](CC(C)C)C(=O)N[C@@H](CC(C)C)C(=O)NC(C)(C)C(=O)NC(C)(C)C(=O)NCCCC(N)=O)C(O)C(C)C. The summed E-state index contributed by atoms with van der Waals surface area (Å²) in [5, 5.41) is 43.7. The van der Waals surface area contributed by atoms with Crippen molar-refractivity contribution in [2.24, 2.45) is 41.2 Å². The fourth-order valence-electron chi connectivity index (χ4n) is 9.01. The monoisotopic (exact) mass is 1150 g/mol.